The maximum absolute atomic E-state index is 11.3. The van der Waals surface area contributed by atoms with Crippen molar-refractivity contribution in [2.24, 2.45) is 0 Å². The van der Waals surface area contributed by atoms with E-state index >= 15 is 0 Å². The monoisotopic (exact) mass is 370 g/mol. The Morgan fingerprint density at radius 3 is 2.04 bits per heavy atom. The highest BCUT2D eigenvalue weighted by atomic mass is 28.4. The Balaban J connectivity index is 2.14. The Morgan fingerprint density at radius 2 is 1.54 bits per heavy atom. The van der Waals surface area contributed by atoms with Crippen molar-refractivity contribution in [3.8, 4) is 11.1 Å². The third-order valence-electron chi connectivity index (χ3n) is 5.19. The van der Waals surface area contributed by atoms with Gasteiger partial charge in [0, 0.05) is 0 Å². The first-order valence-electron chi connectivity index (χ1n) is 9.12. The van der Waals surface area contributed by atoms with Crippen LogP contribution >= 0.6 is 0 Å². The number of carbonyl (C=O) groups is 1. The lowest BCUT2D eigenvalue weighted by Gasteiger charge is -2.39. The summed E-state index contributed by atoms with van der Waals surface area (Å²) in [6.45, 7) is 10.9. The molecule has 0 aromatic heterocycles. The number of hydrogen-bond donors (Lipinski definition) is 1. The SMILES string of the molecule is CC(C)(C)[Si](C)(C)OC(CC(=O)O)Cc1ccc(-c2ccccc2)cc1. The van der Waals surface area contributed by atoms with Gasteiger partial charge in [0.15, 0.2) is 8.32 Å². The number of rotatable bonds is 7. The van der Waals surface area contributed by atoms with Crippen molar-refractivity contribution in [1.82, 2.24) is 0 Å². The van der Waals surface area contributed by atoms with Crippen LogP contribution in [0.2, 0.25) is 18.1 Å². The van der Waals surface area contributed by atoms with Gasteiger partial charge < -0.3 is 9.53 Å². The van der Waals surface area contributed by atoms with Crippen LogP contribution in [0, 0.1) is 0 Å². The van der Waals surface area contributed by atoms with Crippen molar-refractivity contribution >= 4 is 14.3 Å². The van der Waals surface area contributed by atoms with Crippen molar-refractivity contribution < 1.29 is 14.3 Å². The Morgan fingerprint density at radius 1 is 1.00 bits per heavy atom. The molecule has 0 spiro atoms. The largest absolute Gasteiger partial charge is 0.481 e. The van der Waals surface area contributed by atoms with Gasteiger partial charge in [-0.15, -0.1) is 0 Å². The van der Waals surface area contributed by atoms with Crippen LogP contribution in [0.4, 0.5) is 0 Å². The smallest absolute Gasteiger partial charge is 0.305 e. The molecule has 4 heteroatoms. The van der Waals surface area contributed by atoms with Crippen LogP contribution in [0.15, 0.2) is 54.6 Å². The van der Waals surface area contributed by atoms with Crippen molar-refractivity contribution in [3.05, 3.63) is 60.2 Å². The topological polar surface area (TPSA) is 46.5 Å². The fraction of sp³-hybridized carbons (Fsp3) is 0.409. The minimum atomic E-state index is -2.02. The summed E-state index contributed by atoms with van der Waals surface area (Å²) in [5, 5.41) is 9.35. The number of benzene rings is 2. The van der Waals surface area contributed by atoms with E-state index in [4.69, 9.17) is 4.43 Å². The standard InChI is InChI=1S/C22H30O3Si/c1-22(2,3)26(4,5)25-20(16-21(23)24)15-17-11-13-19(14-12-17)18-9-7-6-8-10-18/h6-14,20H,15-16H2,1-5H3,(H,23,24). The van der Waals surface area contributed by atoms with Gasteiger partial charge in [-0.2, -0.15) is 0 Å². The molecule has 0 aliphatic heterocycles. The highest BCUT2D eigenvalue weighted by Gasteiger charge is 2.39. The van der Waals surface area contributed by atoms with E-state index in [1.807, 2.05) is 18.2 Å². The Kier molecular flexibility index (Phi) is 6.42. The van der Waals surface area contributed by atoms with Gasteiger partial charge in [0.05, 0.1) is 12.5 Å². The summed E-state index contributed by atoms with van der Waals surface area (Å²) in [6, 6.07) is 18.6. The molecule has 2 rings (SSSR count). The molecule has 1 unspecified atom stereocenters. The molecule has 0 radical (unpaired) electrons. The molecule has 0 aliphatic carbocycles. The molecule has 0 bridgehead atoms. The Hall–Kier alpha value is -1.91. The zero-order valence-electron chi connectivity index (χ0n) is 16.5. The Bertz CT molecular complexity index is 715. The highest BCUT2D eigenvalue weighted by molar-refractivity contribution is 6.74. The number of carboxylic acids is 1. The first kappa shape index (κ1) is 20.4. The molecule has 2 aromatic rings. The Labute approximate surface area is 158 Å². The summed E-state index contributed by atoms with van der Waals surface area (Å²) < 4.78 is 6.39. The average molecular weight is 371 g/mol. The molecule has 2 aromatic carbocycles. The molecule has 0 saturated heterocycles. The minimum Gasteiger partial charge on any atom is -0.481 e. The third kappa shape index (κ3) is 5.54. The van der Waals surface area contributed by atoms with Crippen LogP contribution in [-0.4, -0.2) is 25.5 Å². The fourth-order valence-electron chi connectivity index (χ4n) is 2.67. The lowest BCUT2D eigenvalue weighted by Crippen LogP contribution is -2.45. The average Bonchev–Trinajstić information content (AvgIpc) is 2.54. The number of aliphatic carboxylic acids is 1. The molecule has 0 heterocycles. The zero-order valence-corrected chi connectivity index (χ0v) is 17.5. The molecule has 140 valence electrons. The maximum atomic E-state index is 11.3. The van der Waals surface area contributed by atoms with Crippen molar-refractivity contribution in [3.63, 3.8) is 0 Å². The van der Waals surface area contributed by atoms with Crippen LogP contribution < -0.4 is 0 Å². The van der Waals surface area contributed by atoms with E-state index in [2.05, 4.69) is 70.3 Å². The normalized spacial score (nSPS) is 13.4. The van der Waals surface area contributed by atoms with E-state index < -0.39 is 14.3 Å². The second-order valence-corrected chi connectivity index (χ2v) is 13.1. The van der Waals surface area contributed by atoms with Gasteiger partial charge in [-0.1, -0.05) is 75.4 Å². The molecule has 26 heavy (non-hydrogen) atoms. The van der Waals surface area contributed by atoms with Crippen LogP contribution in [-0.2, 0) is 15.6 Å². The first-order valence-corrected chi connectivity index (χ1v) is 12.0. The van der Waals surface area contributed by atoms with Crippen molar-refractivity contribution in [1.29, 1.82) is 0 Å². The second-order valence-electron chi connectivity index (χ2n) is 8.37. The van der Waals surface area contributed by atoms with Gasteiger partial charge in [0.2, 0.25) is 0 Å². The molecule has 1 atom stereocenters. The predicted octanol–water partition coefficient (Wildman–Crippen LogP) is 5.76. The van der Waals surface area contributed by atoms with E-state index in [1.54, 1.807) is 0 Å². The zero-order chi connectivity index (χ0) is 19.4. The van der Waals surface area contributed by atoms with Crippen LogP contribution in [0.1, 0.15) is 32.8 Å². The van der Waals surface area contributed by atoms with Crippen LogP contribution in [0.25, 0.3) is 11.1 Å². The summed E-state index contributed by atoms with van der Waals surface area (Å²) in [6.07, 6.45) is 0.358. The molecule has 1 N–H and O–H groups in total. The summed E-state index contributed by atoms with van der Waals surface area (Å²) in [7, 11) is -2.02. The molecular formula is C22H30O3Si. The third-order valence-corrected chi connectivity index (χ3v) is 9.73. The summed E-state index contributed by atoms with van der Waals surface area (Å²) >= 11 is 0. The van der Waals surface area contributed by atoms with Crippen LogP contribution in [0.5, 0.6) is 0 Å². The molecular weight excluding hydrogens is 340 g/mol. The van der Waals surface area contributed by atoms with Gasteiger partial charge in [-0.05, 0) is 41.2 Å². The minimum absolute atomic E-state index is 0.0347. The highest BCUT2D eigenvalue weighted by Crippen LogP contribution is 2.38. The summed E-state index contributed by atoms with van der Waals surface area (Å²) in [5.41, 5.74) is 3.45. The molecule has 0 fully saturated rings. The fourth-order valence-corrected chi connectivity index (χ4v) is 4.02. The van der Waals surface area contributed by atoms with Gasteiger partial charge in [0.1, 0.15) is 0 Å². The molecule has 0 amide bonds. The predicted molar refractivity (Wildman–Crippen MR) is 110 cm³/mol. The van der Waals surface area contributed by atoms with Gasteiger partial charge in [-0.25, -0.2) is 0 Å². The second kappa shape index (κ2) is 8.19. The first-order chi connectivity index (χ1) is 12.1. The quantitative estimate of drug-likeness (QED) is 0.630. The molecule has 0 aliphatic rings. The van der Waals surface area contributed by atoms with Gasteiger partial charge in [-0.3, -0.25) is 4.79 Å². The lowest BCUT2D eigenvalue weighted by molar-refractivity contribution is -0.138. The number of carboxylic acid groups (broad SMARTS) is 1. The lowest BCUT2D eigenvalue weighted by atomic mass is 10.0. The van der Waals surface area contributed by atoms with Crippen molar-refractivity contribution in [2.75, 3.05) is 0 Å². The maximum Gasteiger partial charge on any atom is 0.305 e. The summed E-state index contributed by atoms with van der Waals surface area (Å²) in [5.74, 6) is -0.811. The van der Waals surface area contributed by atoms with Crippen LogP contribution in [0.3, 0.4) is 0 Å². The molecule has 3 nitrogen and oxygen atoms in total. The van der Waals surface area contributed by atoms with E-state index in [-0.39, 0.29) is 17.6 Å². The van der Waals surface area contributed by atoms with E-state index in [9.17, 15) is 9.90 Å². The summed E-state index contributed by atoms with van der Waals surface area (Å²) in [4.78, 5) is 11.3. The van der Waals surface area contributed by atoms with Gasteiger partial charge in [0.25, 0.3) is 0 Å². The van der Waals surface area contributed by atoms with Gasteiger partial charge >= 0.3 is 5.97 Å². The van der Waals surface area contributed by atoms with E-state index in [0.717, 1.165) is 11.1 Å². The number of hydrogen-bond acceptors (Lipinski definition) is 2. The van der Waals surface area contributed by atoms with E-state index in [0.29, 0.717) is 6.42 Å². The van der Waals surface area contributed by atoms with E-state index in [1.165, 1.54) is 5.56 Å². The molecule has 0 saturated carbocycles. The van der Waals surface area contributed by atoms with Crippen molar-refractivity contribution in [2.45, 2.75) is 57.8 Å².